The molecule has 0 aliphatic heterocycles. The molecule has 12 heteroatoms. The van der Waals surface area contributed by atoms with Crippen molar-refractivity contribution in [1.82, 2.24) is 14.8 Å². The van der Waals surface area contributed by atoms with Gasteiger partial charge in [0.15, 0.2) is 11.0 Å². The zero-order valence-corrected chi connectivity index (χ0v) is 18.9. The van der Waals surface area contributed by atoms with Gasteiger partial charge in [-0.2, -0.15) is 13.2 Å². The quantitative estimate of drug-likeness (QED) is 0.384. The van der Waals surface area contributed by atoms with Gasteiger partial charge in [-0.05, 0) is 43.3 Å². The lowest BCUT2D eigenvalue weighted by atomic mass is 10.2. The number of nitrogens with one attached hydrogen (secondary N) is 1. The summed E-state index contributed by atoms with van der Waals surface area (Å²) in [5.41, 5.74) is -0.358. The van der Waals surface area contributed by atoms with E-state index in [4.69, 9.17) is 27.9 Å². The fourth-order valence-corrected chi connectivity index (χ4v) is 3.94. The van der Waals surface area contributed by atoms with Gasteiger partial charge in [0.1, 0.15) is 12.4 Å². The molecule has 1 N–H and O–H groups in total. The van der Waals surface area contributed by atoms with Gasteiger partial charge in [0, 0.05) is 11.6 Å². The fourth-order valence-electron chi connectivity index (χ4n) is 2.67. The molecule has 0 saturated carbocycles. The van der Waals surface area contributed by atoms with E-state index >= 15 is 0 Å². The molecule has 0 bridgehead atoms. The highest BCUT2D eigenvalue weighted by Crippen LogP contribution is 2.31. The number of carbonyl (C=O) groups excluding carboxylic acids is 1. The smallest absolute Gasteiger partial charge is 0.416 e. The van der Waals surface area contributed by atoms with Gasteiger partial charge < -0.3 is 14.6 Å². The second-order valence-electron chi connectivity index (χ2n) is 6.42. The van der Waals surface area contributed by atoms with Gasteiger partial charge in [0.25, 0.3) is 0 Å². The number of alkyl halides is 3. The first-order valence-corrected chi connectivity index (χ1v) is 11.0. The van der Waals surface area contributed by atoms with Crippen molar-refractivity contribution in [2.45, 2.75) is 31.4 Å². The standard InChI is InChI=1S/C20H17Cl2F3N4O2S/c1-2-29-17(10-31-14-5-3-4-12(8-14)20(23,24)25)27-28-19(29)32-11-18(30)26-16-7-6-13(21)9-15(16)22/h3-9H,2,10-11H2,1H3,(H,26,30). The highest BCUT2D eigenvalue weighted by atomic mass is 35.5. The van der Waals surface area contributed by atoms with Crippen LogP contribution < -0.4 is 10.1 Å². The summed E-state index contributed by atoms with van der Waals surface area (Å²) in [6.07, 6.45) is -4.45. The molecule has 0 saturated heterocycles. The van der Waals surface area contributed by atoms with Crippen LogP contribution in [0.4, 0.5) is 18.9 Å². The van der Waals surface area contributed by atoms with Gasteiger partial charge in [-0.25, -0.2) is 0 Å². The summed E-state index contributed by atoms with van der Waals surface area (Å²) in [5.74, 6) is 0.241. The van der Waals surface area contributed by atoms with E-state index in [1.165, 1.54) is 18.2 Å². The van der Waals surface area contributed by atoms with Crippen molar-refractivity contribution in [3.05, 3.63) is 63.9 Å². The fraction of sp³-hybridized carbons (Fsp3) is 0.250. The molecule has 0 aliphatic carbocycles. The summed E-state index contributed by atoms with van der Waals surface area (Å²) in [4.78, 5) is 12.3. The number of benzene rings is 2. The molecule has 2 aromatic carbocycles. The van der Waals surface area contributed by atoms with Crippen LogP contribution in [0.2, 0.25) is 10.0 Å². The third kappa shape index (κ3) is 6.30. The highest BCUT2D eigenvalue weighted by molar-refractivity contribution is 7.99. The van der Waals surface area contributed by atoms with Gasteiger partial charge in [-0.3, -0.25) is 4.79 Å². The molecule has 0 unspecified atom stereocenters. The molecule has 170 valence electrons. The van der Waals surface area contributed by atoms with Crippen LogP contribution in [0.15, 0.2) is 47.6 Å². The largest absolute Gasteiger partial charge is 0.486 e. The zero-order valence-electron chi connectivity index (χ0n) is 16.6. The monoisotopic (exact) mass is 504 g/mol. The number of anilines is 1. The van der Waals surface area contributed by atoms with Crippen LogP contribution in [-0.4, -0.2) is 26.4 Å². The van der Waals surface area contributed by atoms with E-state index in [1.54, 1.807) is 16.7 Å². The highest BCUT2D eigenvalue weighted by Gasteiger charge is 2.30. The maximum Gasteiger partial charge on any atom is 0.416 e. The minimum atomic E-state index is -4.45. The number of thioether (sulfide) groups is 1. The molecule has 1 heterocycles. The maximum atomic E-state index is 12.8. The second kappa shape index (κ2) is 10.5. The van der Waals surface area contributed by atoms with E-state index in [-0.39, 0.29) is 24.0 Å². The number of aromatic nitrogens is 3. The van der Waals surface area contributed by atoms with Crippen LogP contribution in [0.1, 0.15) is 18.3 Å². The number of ether oxygens (including phenoxy) is 1. The van der Waals surface area contributed by atoms with Crippen molar-refractivity contribution in [3.63, 3.8) is 0 Å². The Morgan fingerprint density at radius 2 is 1.97 bits per heavy atom. The van der Waals surface area contributed by atoms with Crippen LogP contribution in [-0.2, 0) is 24.1 Å². The summed E-state index contributed by atoms with van der Waals surface area (Å²) < 4.78 is 45.7. The van der Waals surface area contributed by atoms with Gasteiger partial charge in [0.05, 0.1) is 22.0 Å². The Morgan fingerprint density at radius 1 is 1.19 bits per heavy atom. The van der Waals surface area contributed by atoms with Gasteiger partial charge in [-0.1, -0.05) is 41.0 Å². The Kier molecular flexibility index (Phi) is 7.91. The molecule has 0 spiro atoms. The van der Waals surface area contributed by atoms with Crippen LogP contribution in [0.25, 0.3) is 0 Å². The van der Waals surface area contributed by atoms with Crippen molar-refractivity contribution < 1.29 is 22.7 Å². The number of hydrogen-bond donors (Lipinski definition) is 1. The molecule has 0 fully saturated rings. The number of nitrogens with zero attached hydrogens (tertiary/aromatic N) is 3. The molecule has 0 radical (unpaired) electrons. The summed E-state index contributed by atoms with van der Waals surface area (Å²) in [5, 5.41) is 12.0. The van der Waals surface area contributed by atoms with Crippen molar-refractivity contribution in [1.29, 1.82) is 0 Å². The van der Waals surface area contributed by atoms with Gasteiger partial charge in [-0.15, -0.1) is 10.2 Å². The van der Waals surface area contributed by atoms with E-state index in [0.717, 1.165) is 23.9 Å². The Morgan fingerprint density at radius 3 is 2.66 bits per heavy atom. The van der Waals surface area contributed by atoms with E-state index in [0.29, 0.717) is 33.3 Å². The van der Waals surface area contributed by atoms with E-state index in [9.17, 15) is 18.0 Å². The molecule has 0 aliphatic rings. The predicted molar refractivity (Wildman–Crippen MR) is 117 cm³/mol. The number of hydrogen-bond acceptors (Lipinski definition) is 5. The third-order valence-corrected chi connectivity index (χ3v) is 5.69. The molecule has 32 heavy (non-hydrogen) atoms. The van der Waals surface area contributed by atoms with Gasteiger partial charge in [0.2, 0.25) is 5.91 Å². The van der Waals surface area contributed by atoms with E-state index in [1.807, 2.05) is 6.92 Å². The van der Waals surface area contributed by atoms with Crippen molar-refractivity contribution in [3.8, 4) is 5.75 Å². The van der Waals surface area contributed by atoms with Crippen molar-refractivity contribution >= 4 is 46.6 Å². The molecule has 1 aromatic heterocycles. The lowest BCUT2D eigenvalue weighted by molar-refractivity contribution is -0.137. The normalized spacial score (nSPS) is 11.4. The molecule has 0 atom stereocenters. The molecule has 1 amide bonds. The first-order chi connectivity index (χ1) is 15.2. The third-order valence-electron chi connectivity index (χ3n) is 4.18. The average molecular weight is 505 g/mol. The first-order valence-electron chi connectivity index (χ1n) is 9.27. The molecule has 3 aromatic rings. The zero-order chi connectivity index (χ0) is 23.3. The van der Waals surface area contributed by atoms with Crippen molar-refractivity contribution in [2.24, 2.45) is 0 Å². The molecular weight excluding hydrogens is 488 g/mol. The SMILES string of the molecule is CCn1c(COc2cccc(C(F)(F)F)c2)nnc1SCC(=O)Nc1ccc(Cl)cc1Cl. The Hall–Kier alpha value is -2.43. The lowest BCUT2D eigenvalue weighted by Crippen LogP contribution is -2.15. The first kappa shape index (κ1) is 24.2. The van der Waals surface area contributed by atoms with E-state index in [2.05, 4.69) is 15.5 Å². The Bertz CT molecular complexity index is 1110. The van der Waals surface area contributed by atoms with E-state index < -0.39 is 11.7 Å². The summed E-state index contributed by atoms with van der Waals surface area (Å²) in [7, 11) is 0. The summed E-state index contributed by atoms with van der Waals surface area (Å²) in [6, 6.07) is 9.34. The maximum absolute atomic E-state index is 12.8. The number of rotatable bonds is 8. The lowest BCUT2D eigenvalue weighted by Gasteiger charge is -2.11. The minimum absolute atomic E-state index is 0.0472. The van der Waals surface area contributed by atoms with Crippen LogP contribution >= 0.6 is 35.0 Å². The summed E-state index contributed by atoms with van der Waals surface area (Å²) in [6.45, 7) is 2.27. The van der Waals surface area contributed by atoms with Crippen LogP contribution in [0.3, 0.4) is 0 Å². The number of halogens is 5. The molecular formula is C20H17Cl2F3N4O2S. The molecule has 6 nitrogen and oxygen atoms in total. The molecule has 3 rings (SSSR count). The average Bonchev–Trinajstić information content (AvgIpc) is 3.14. The van der Waals surface area contributed by atoms with Crippen LogP contribution in [0, 0.1) is 0 Å². The summed E-state index contributed by atoms with van der Waals surface area (Å²) >= 11 is 13.1. The second-order valence-corrected chi connectivity index (χ2v) is 8.20. The Labute approximate surface area is 196 Å². The minimum Gasteiger partial charge on any atom is -0.486 e. The van der Waals surface area contributed by atoms with Crippen molar-refractivity contribution in [2.75, 3.05) is 11.1 Å². The van der Waals surface area contributed by atoms with Gasteiger partial charge >= 0.3 is 6.18 Å². The number of carbonyl (C=O) groups is 1. The number of amides is 1. The predicted octanol–water partition coefficient (Wildman–Crippen LogP) is 5.93. The Balaban J connectivity index is 1.60. The van der Waals surface area contributed by atoms with Crippen LogP contribution in [0.5, 0.6) is 5.75 Å². The topological polar surface area (TPSA) is 69.0 Å².